The molecular weight excluding hydrogens is 148 g/mol. The third-order valence-corrected chi connectivity index (χ3v) is 1.22. The number of quaternary nitrogens is 1. The normalized spacial score (nSPS) is 12.9. The second kappa shape index (κ2) is 6.09. The van der Waals surface area contributed by atoms with Crippen LogP contribution in [0.2, 0.25) is 0 Å². The molecule has 1 atom stereocenters. The van der Waals surface area contributed by atoms with Gasteiger partial charge in [0.15, 0.2) is 0 Å². The average molecular weight is 163 g/mol. The van der Waals surface area contributed by atoms with Crippen LogP contribution in [0.1, 0.15) is 12.8 Å². The Labute approximate surface area is 65.6 Å². The van der Waals surface area contributed by atoms with E-state index in [1.54, 1.807) is 0 Å². The second-order valence-electron chi connectivity index (χ2n) is 2.32. The van der Waals surface area contributed by atoms with Gasteiger partial charge in [-0.25, -0.2) is 9.78 Å². The van der Waals surface area contributed by atoms with Crippen LogP contribution in [-0.2, 0) is 14.6 Å². The zero-order chi connectivity index (χ0) is 8.69. The fourth-order valence-corrected chi connectivity index (χ4v) is 0.594. The molecule has 0 aromatic carbocycles. The number of carbonyl (C=O) groups excluding carboxylic acids is 1. The van der Waals surface area contributed by atoms with E-state index < -0.39 is 0 Å². The average Bonchev–Trinajstić information content (AvgIpc) is 1.97. The molecule has 0 radical (unpaired) electrons. The monoisotopic (exact) mass is 163 g/mol. The lowest BCUT2D eigenvalue weighted by atomic mass is 10.2. The van der Waals surface area contributed by atoms with Gasteiger partial charge >= 0.3 is 0 Å². The van der Waals surface area contributed by atoms with Crippen molar-refractivity contribution in [1.29, 1.82) is 0 Å². The van der Waals surface area contributed by atoms with E-state index in [0.29, 0.717) is 19.4 Å². The summed E-state index contributed by atoms with van der Waals surface area (Å²) >= 11 is 0. The van der Waals surface area contributed by atoms with Crippen LogP contribution in [0.15, 0.2) is 0 Å². The SMILES string of the molecule is COOC[C@@H]([NH3+])CCC(N)=O. The molecule has 1 amide bonds. The molecule has 5 heteroatoms. The molecule has 0 aliphatic heterocycles. The predicted molar refractivity (Wildman–Crippen MR) is 38.1 cm³/mol. The van der Waals surface area contributed by atoms with Gasteiger partial charge in [-0.3, -0.25) is 4.79 Å². The molecule has 0 spiro atoms. The van der Waals surface area contributed by atoms with Crippen LogP contribution in [0.5, 0.6) is 0 Å². The number of hydrogen-bond donors (Lipinski definition) is 2. The van der Waals surface area contributed by atoms with Gasteiger partial charge < -0.3 is 11.5 Å². The second-order valence-corrected chi connectivity index (χ2v) is 2.32. The first-order chi connectivity index (χ1) is 5.16. The molecule has 66 valence electrons. The van der Waals surface area contributed by atoms with Crippen molar-refractivity contribution < 1.29 is 20.3 Å². The first kappa shape index (κ1) is 10.3. The van der Waals surface area contributed by atoms with E-state index in [-0.39, 0.29) is 11.9 Å². The van der Waals surface area contributed by atoms with Crippen LogP contribution in [0, 0.1) is 0 Å². The van der Waals surface area contributed by atoms with Gasteiger partial charge in [0.2, 0.25) is 5.91 Å². The highest BCUT2D eigenvalue weighted by Gasteiger charge is 2.07. The van der Waals surface area contributed by atoms with Gasteiger partial charge in [0, 0.05) is 12.8 Å². The summed E-state index contributed by atoms with van der Waals surface area (Å²) in [6.45, 7) is 0.393. The van der Waals surface area contributed by atoms with Crippen molar-refractivity contribution in [3.8, 4) is 0 Å². The van der Waals surface area contributed by atoms with Crippen molar-refractivity contribution in [3.63, 3.8) is 0 Å². The number of carbonyl (C=O) groups is 1. The number of rotatable bonds is 6. The minimum Gasteiger partial charge on any atom is -0.370 e. The molecule has 0 aliphatic rings. The largest absolute Gasteiger partial charge is 0.370 e. The maximum absolute atomic E-state index is 10.3. The summed E-state index contributed by atoms with van der Waals surface area (Å²) in [6, 6.07) is 0.0578. The van der Waals surface area contributed by atoms with Crippen molar-refractivity contribution in [2.24, 2.45) is 5.73 Å². The van der Waals surface area contributed by atoms with Crippen LogP contribution >= 0.6 is 0 Å². The van der Waals surface area contributed by atoms with Gasteiger partial charge in [0.25, 0.3) is 0 Å². The minimum atomic E-state index is -0.309. The first-order valence-corrected chi connectivity index (χ1v) is 3.43. The molecule has 0 rings (SSSR count). The number of hydrogen-bond acceptors (Lipinski definition) is 3. The Bertz CT molecular complexity index is 118. The van der Waals surface area contributed by atoms with Crippen molar-refractivity contribution in [2.45, 2.75) is 18.9 Å². The smallest absolute Gasteiger partial charge is 0.217 e. The highest BCUT2D eigenvalue weighted by atomic mass is 17.2. The van der Waals surface area contributed by atoms with E-state index in [4.69, 9.17) is 5.73 Å². The Balaban J connectivity index is 3.22. The number of primary amides is 1. The van der Waals surface area contributed by atoms with E-state index in [9.17, 15) is 4.79 Å². The van der Waals surface area contributed by atoms with Gasteiger partial charge in [-0.15, -0.1) is 0 Å². The molecular formula is C6H15N2O3+. The molecule has 0 saturated heterocycles. The molecule has 5 nitrogen and oxygen atoms in total. The molecule has 0 bridgehead atoms. The van der Waals surface area contributed by atoms with Gasteiger partial charge in [-0.05, 0) is 0 Å². The summed E-state index contributed by atoms with van der Waals surface area (Å²) in [5.74, 6) is -0.309. The Morgan fingerprint density at radius 2 is 2.36 bits per heavy atom. The molecule has 0 saturated carbocycles. The van der Waals surface area contributed by atoms with Crippen molar-refractivity contribution in [1.82, 2.24) is 0 Å². The maximum atomic E-state index is 10.3. The van der Waals surface area contributed by atoms with E-state index >= 15 is 0 Å². The summed E-state index contributed by atoms with van der Waals surface area (Å²) in [6.07, 6.45) is 0.986. The summed E-state index contributed by atoms with van der Waals surface area (Å²) in [5.41, 5.74) is 8.67. The topological polar surface area (TPSA) is 89.2 Å². The predicted octanol–water partition coefficient (Wildman–Crippen LogP) is -1.56. The Morgan fingerprint density at radius 3 is 2.82 bits per heavy atom. The maximum Gasteiger partial charge on any atom is 0.217 e. The molecule has 5 N–H and O–H groups in total. The number of nitrogens with two attached hydrogens (primary N) is 1. The van der Waals surface area contributed by atoms with Gasteiger partial charge in [0.05, 0.1) is 7.11 Å². The molecule has 0 aliphatic carbocycles. The van der Waals surface area contributed by atoms with Crippen molar-refractivity contribution in [2.75, 3.05) is 13.7 Å². The van der Waals surface area contributed by atoms with Crippen LogP contribution in [0.25, 0.3) is 0 Å². The molecule has 0 aromatic rings. The lowest BCUT2D eigenvalue weighted by Crippen LogP contribution is -2.63. The van der Waals surface area contributed by atoms with Crippen LogP contribution in [-0.4, -0.2) is 25.7 Å². The molecule has 0 heterocycles. The lowest BCUT2D eigenvalue weighted by molar-refractivity contribution is -0.447. The number of amides is 1. The standard InChI is InChI=1S/C6H14N2O3/c1-10-11-4-5(7)2-3-6(8)9/h5H,2-4,7H2,1H3,(H2,8,9)/p+1/t5-/m0/s1. The lowest BCUT2D eigenvalue weighted by Gasteiger charge is -2.04. The van der Waals surface area contributed by atoms with Crippen LogP contribution < -0.4 is 11.5 Å². The third-order valence-electron chi connectivity index (χ3n) is 1.22. The highest BCUT2D eigenvalue weighted by Crippen LogP contribution is 1.92. The zero-order valence-electron chi connectivity index (χ0n) is 6.71. The fraction of sp³-hybridized carbons (Fsp3) is 0.833. The Morgan fingerprint density at radius 1 is 1.73 bits per heavy atom. The Hall–Kier alpha value is -0.650. The third kappa shape index (κ3) is 7.24. The van der Waals surface area contributed by atoms with E-state index in [0.717, 1.165) is 0 Å². The first-order valence-electron chi connectivity index (χ1n) is 3.43. The zero-order valence-corrected chi connectivity index (χ0v) is 6.71. The summed E-state index contributed by atoms with van der Waals surface area (Å²) < 4.78 is 0. The van der Waals surface area contributed by atoms with E-state index in [1.807, 2.05) is 0 Å². The van der Waals surface area contributed by atoms with Gasteiger partial charge in [-0.1, -0.05) is 0 Å². The molecule has 11 heavy (non-hydrogen) atoms. The molecule has 0 aromatic heterocycles. The molecule has 0 fully saturated rings. The van der Waals surface area contributed by atoms with E-state index in [2.05, 4.69) is 15.5 Å². The highest BCUT2D eigenvalue weighted by molar-refractivity contribution is 5.73. The minimum absolute atomic E-state index is 0.0578. The summed E-state index contributed by atoms with van der Waals surface area (Å²) in [4.78, 5) is 19.3. The summed E-state index contributed by atoms with van der Waals surface area (Å²) in [7, 11) is 1.43. The fourth-order valence-electron chi connectivity index (χ4n) is 0.594. The van der Waals surface area contributed by atoms with Gasteiger partial charge in [0.1, 0.15) is 12.6 Å². The van der Waals surface area contributed by atoms with Crippen molar-refractivity contribution in [3.05, 3.63) is 0 Å². The molecule has 0 unspecified atom stereocenters. The van der Waals surface area contributed by atoms with Crippen LogP contribution in [0.3, 0.4) is 0 Å². The van der Waals surface area contributed by atoms with Crippen LogP contribution in [0.4, 0.5) is 0 Å². The Kier molecular flexibility index (Phi) is 5.73. The van der Waals surface area contributed by atoms with E-state index in [1.165, 1.54) is 7.11 Å². The summed E-state index contributed by atoms with van der Waals surface area (Å²) in [5, 5.41) is 0. The quantitative estimate of drug-likeness (QED) is 0.366. The van der Waals surface area contributed by atoms with Crippen molar-refractivity contribution >= 4 is 5.91 Å². The van der Waals surface area contributed by atoms with Gasteiger partial charge in [-0.2, -0.15) is 0 Å².